The van der Waals surface area contributed by atoms with Gasteiger partial charge in [0.1, 0.15) is 5.75 Å². The number of aliphatic hydroxyl groups is 1. The van der Waals surface area contributed by atoms with Crippen molar-refractivity contribution in [3.05, 3.63) is 29.8 Å². The Labute approximate surface area is 114 Å². The zero-order valence-corrected chi connectivity index (χ0v) is 12.1. The molecule has 0 aliphatic heterocycles. The first-order valence-electron chi connectivity index (χ1n) is 6.45. The highest BCUT2D eigenvalue weighted by Crippen LogP contribution is 2.22. The fourth-order valence-corrected chi connectivity index (χ4v) is 1.76. The molecule has 0 saturated heterocycles. The molecule has 1 atom stereocenters. The average molecular weight is 265 g/mol. The van der Waals surface area contributed by atoms with Gasteiger partial charge in [-0.15, -0.1) is 0 Å². The van der Waals surface area contributed by atoms with E-state index in [0.29, 0.717) is 18.6 Å². The van der Waals surface area contributed by atoms with Crippen LogP contribution in [0.5, 0.6) is 5.75 Å². The first-order chi connectivity index (χ1) is 8.81. The minimum atomic E-state index is -0.652. The summed E-state index contributed by atoms with van der Waals surface area (Å²) in [4.78, 5) is 11.7. The van der Waals surface area contributed by atoms with Gasteiger partial charge in [0.15, 0.2) is 0 Å². The van der Waals surface area contributed by atoms with Gasteiger partial charge in [-0.1, -0.05) is 12.1 Å². The van der Waals surface area contributed by atoms with Crippen LogP contribution in [0.15, 0.2) is 24.3 Å². The Kier molecular flexibility index (Phi) is 5.36. The first kappa shape index (κ1) is 15.5. The number of nitrogens with one attached hydrogen (secondary N) is 1. The van der Waals surface area contributed by atoms with Gasteiger partial charge in [0.25, 0.3) is 0 Å². The Morgan fingerprint density at radius 2 is 2.11 bits per heavy atom. The van der Waals surface area contributed by atoms with Crippen LogP contribution in [0, 0.1) is 0 Å². The van der Waals surface area contributed by atoms with E-state index >= 15 is 0 Å². The van der Waals surface area contributed by atoms with Crippen molar-refractivity contribution in [2.24, 2.45) is 0 Å². The van der Waals surface area contributed by atoms with E-state index in [4.69, 9.17) is 4.74 Å². The van der Waals surface area contributed by atoms with Crippen molar-refractivity contribution in [3.63, 3.8) is 0 Å². The lowest BCUT2D eigenvalue weighted by molar-refractivity contribution is -0.123. The zero-order valence-electron chi connectivity index (χ0n) is 12.1. The lowest BCUT2D eigenvalue weighted by atomic mass is 10.0. The van der Waals surface area contributed by atoms with Crippen LogP contribution in [0.1, 0.15) is 45.3 Å². The summed E-state index contributed by atoms with van der Waals surface area (Å²) in [6.07, 6.45) is 0.0471. The summed E-state index contributed by atoms with van der Waals surface area (Å²) >= 11 is 0. The predicted octanol–water partition coefficient (Wildman–Crippen LogP) is 2.42. The van der Waals surface area contributed by atoms with E-state index in [1.54, 1.807) is 13.2 Å². The van der Waals surface area contributed by atoms with Crippen LogP contribution >= 0.6 is 0 Å². The Balaban J connectivity index is 2.51. The number of methoxy groups -OCH3 is 1. The molecule has 0 heterocycles. The van der Waals surface area contributed by atoms with Gasteiger partial charge >= 0.3 is 0 Å². The monoisotopic (exact) mass is 265 g/mol. The van der Waals surface area contributed by atoms with Crippen LogP contribution in [0.4, 0.5) is 0 Å². The van der Waals surface area contributed by atoms with Crippen molar-refractivity contribution < 1.29 is 14.6 Å². The average Bonchev–Trinajstić information content (AvgIpc) is 2.34. The Hall–Kier alpha value is -1.55. The molecule has 4 nitrogen and oxygen atoms in total. The molecule has 0 aliphatic carbocycles. The Morgan fingerprint density at radius 1 is 1.42 bits per heavy atom. The van der Waals surface area contributed by atoms with Crippen LogP contribution in [-0.4, -0.2) is 23.7 Å². The van der Waals surface area contributed by atoms with Gasteiger partial charge < -0.3 is 15.2 Å². The van der Waals surface area contributed by atoms with Crippen LogP contribution in [0.25, 0.3) is 0 Å². The molecule has 1 aromatic carbocycles. The largest absolute Gasteiger partial charge is 0.497 e. The maximum Gasteiger partial charge on any atom is 0.220 e. The van der Waals surface area contributed by atoms with E-state index < -0.39 is 6.10 Å². The smallest absolute Gasteiger partial charge is 0.220 e. The third kappa shape index (κ3) is 5.75. The van der Waals surface area contributed by atoms with Crippen molar-refractivity contribution in [2.75, 3.05) is 7.11 Å². The third-order valence-corrected chi connectivity index (χ3v) is 2.64. The fraction of sp³-hybridized carbons (Fsp3) is 0.533. The van der Waals surface area contributed by atoms with Crippen molar-refractivity contribution in [1.82, 2.24) is 5.32 Å². The van der Waals surface area contributed by atoms with Gasteiger partial charge in [-0.2, -0.15) is 0 Å². The van der Waals surface area contributed by atoms with Crippen LogP contribution in [0.3, 0.4) is 0 Å². The summed E-state index contributed by atoms with van der Waals surface area (Å²) in [5, 5.41) is 12.9. The number of benzene rings is 1. The van der Waals surface area contributed by atoms with Crippen LogP contribution in [-0.2, 0) is 4.79 Å². The number of aliphatic hydroxyl groups excluding tert-OH is 1. The Morgan fingerprint density at radius 3 is 2.68 bits per heavy atom. The lowest BCUT2D eigenvalue weighted by Crippen LogP contribution is -2.40. The van der Waals surface area contributed by atoms with E-state index in [-0.39, 0.29) is 11.4 Å². The van der Waals surface area contributed by atoms with Crippen molar-refractivity contribution in [2.45, 2.75) is 45.3 Å². The second-order valence-electron chi connectivity index (χ2n) is 5.63. The molecule has 1 rings (SSSR count). The summed E-state index contributed by atoms with van der Waals surface area (Å²) in [7, 11) is 1.59. The Bertz CT molecular complexity index is 424. The summed E-state index contributed by atoms with van der Waals surface area (Å²) in [6, 6.07) is 7.26. The van der Waals surface area contributed by atoms with Gasteiger partial charge in [-0.05, 0) is 44.9 Å². The highest BCUT2D eigenvalue weighted by molar-refractivity contribution is 5.76. The zero-order chi connectivity index (χ0) is 14.5. The molecule has 0 bridgehead atoms. The number of ether oxygens (including phenoxy) is 1. The summed E-state index contributed by atoms with van der Waals surface area (Å²) in [5.41, 5.74) is 0.528. The number of hydrogen-bond donors (Lipinski definition) is 2. The molecule has 0 aliphatic rings. The molecule has 106 valence electrons. The molecule has 1 unspecified atom stereocenters. The molecule has 1 amide bonds. The van der Waals surface area contributed by atoms with Gasteiger partial charge in [-0.25, -0.2) is 0 Å². The highest BCUT2D eigenvalue weighted by Gasteiger charge is 2.15. The van der Waals surface area contributed by atoms with Gasteiger partial charge in [0, 0.05) is 12.0 Å². The molecular formula is C15H23NO3. The first-order valence-corrected chi connectivity index (χ1v) is 6.45. The number of rotatable bonds is 5. The topological polar surface area (TPSA) is 58.6 Å². The van der Waals surface area contributed by atoms with Crippen LogP contribution in [0.2, 0.25) is 0 Å². The van der Waals surface area contributed by atoms with Crippen molar-refractivity contribution >= 4 is 5.91 Å². The molecule has 1 aromatic rings. The maximum absolute atomic E-state index is 11.7. The molecule has 19 heavy (non-hydrogen) atoms. The minimum Gasteiger partial charge on any atom is -0.497 e. The normalized spacial score (nSPS) is 12.9. The van der Waals surface area contributed by atoms with Crippen molar-refractivity contribution in [1.29, 1.82) is 0 Å². The summed E-state index contributed by atoms with van der Waals surface area (Å²) < 4.78 is 5.11. The second-order valence-corrected chi connectivity index (χ2v) is 5.63. The lowest BCUT2D eigenvalue weighted by Gasteiger charge is -2.21. The SMILES string of the molecule is COc1cccc(C(O)CCC(=O)NC(C)(C)C)c1. The third-order valence-electron chi connectivity index (χ3n) is 2.64. The quantitative estimate of drug-likeness (QED) is 0.859. The van der Waals surface area contributed by atoms with E-state index in [2.05, 4.69) is 5.32 Å². The number of hydrogen-bond acceptors (Lipinski definition) is 3. The minimum absolute atomic E-state index is 0.0468. The summed E-state index contributed by atoms with van der Waals surface area (Å²) in [6.45, 7) is 5.80. The summed E-state index contributed by atoms with van der Waals surface area (Å²) in [5.74, 6) is 0.658. The molecule has 2 N–H and O–H groups in total. The van der Waals surface area contributed by atoms with E-state index in [0.717, 1.165) is 5.56 Å². The highest BCUT2D eigenvalue weighted by atomic mass is 16.5. The van der Waals surface area contributed by atoms with E-state index in [9.17, 15) is 9.90 Å². The fourth-order valence-electron chi connectivity index (χ4n) is 1.76. The molecular weight excluding hydrogens is 242 g/mol. The second kappa shape index (κ2) is 6.57. The van der Waals surface area contributed by atoms with Crippen molar-refractivity contribution in [3.8, 4) is 5.75 Å². The number of amides is 1. The van der Waals surface area contributed by atoms with Gasteiger partial charge in [0.2, 0.25) is 5.91 Å². The van der Waals surface area contributed by atoms with Crippen LogP contribution < -0.4 is 10.1 Å². The predicted molar refractivity (Wildman–Crippen MR) is 75.1 cm³/mol. The maximum atomic E-state index is 11.7. The molecule has 0 radical (unpaired) electrons. The van der Waals surface area contributed by atoms with E-state index in [1.807, 2.05) is 39.0 Å². The molecule has 0 saturated carbocycles. The molecule has 0 aromatic heterocycles. The van der Waals surface area contributed by atoms with Gasteiger partial charge in [-0.3, -0.25) is 4.79 Å². The van der Waals surface area contributed by atoms with E-state index in [1.165, 1.54) is 0 Å². The molecule has 0 fully saturated rings. The number of carbonyl (C=O) groups is 1. The molecule has 0 spiro atoms. The standard InChI is InChI=1S/C15H23NO3/c1-15(2,3)16-14(18)9-8-13(17)11-6-5-7-12(10-11)19-4/h5-7,10,13,17H,8-9H2,1-4H3,(H,16,18). The molecule has 4 heteroatoms. The van der Waals surface area contributed by atoms with Gasteiger partial charge in [0.05, 0.1) is 13.2 Å². The number of carbonyl (C=O) groups excluding carboxylic acids is 1.